The lowest BCUT2D eigenvalue weighted by molar-refractivity contribution is -0.384. The third-order valence-corrected chi connectivity index (χ3v) is 15.1. The Labute approximate surface area is 187 Å². The number of rotatable bonds is 11. The van der Waals surface area contributed by atoms with E-state index in [1.807, 2.05) is 13.0 Å². The van der Waals surface area contributed by atoms with E-state index in [-0.39, 0.29) is 22.0 Å². The van der Waals surface area contributed by atoms with E-state index in [1.54, 1.807) is 0 Å². The molecule has 0 saturated carbocycles. The zero-order valence-electron chi connectivity index (χ0n) is 19.7. The van der Waals surface area contributed by atoms with Crippen molar-refractivity contribution >= 4 is 29.7 Å². The third kappa shape index (κ3) is 5.82. The second-order valence-corrected chi connectivity index (χ2v) is 16.4. The molecule has 1 atom stereocenters. The molecule has 1 unspecified atom stereocenters. The number of ether oxygens (including phenoxy) is 1. The van der Waals surface area contributed by atoms with Crippen molar-refractivity contribution in [3.8, 4) is 0 Å². The molecule has 0 radical (unpaired) electrons. The Morgan fingerprint density at radius 3 is 1.97 bits per heavy atom. The summed E-state index contributed by atoms with van der Waals surface area (Å²) >= 11 is 0. The van der Waals surface area contributed by atoms with Crippen molar-refractivity contribution in [1.29, 1.82) is 0 Å². The maximum atomic E-state index is 13.1. The molecule has 0 bridgehead atoms. The number of benzene rings is 1. The maximum absolute atomic E-state index is 13.1. The molecule has 0 saturated heterocycles. The highest BCUT2D eigenvalue weighted by Gasteiger charge is 2.51. The minimum absolute atomic E-state index is 0.0986. The zero-order valence-corrected chi connectivity index (χ0v) is 21.5. The Morgan fingerprint density at radius 1 is 1.13 bits per heavy atom. The zero-order chi connectivity index (χ0) is 24.0. The predicted molar refractivity (Wildman–Crippen MR) is 129 cm³/mol. The van der Waals surface area contributed by atoms with E-state index in [2.05, 4.69) is 52.5 Å². The summed E-state index contributed by atoms with van der Waals surface area (Å²) in [6.45, 7) is 19.2. The molecule has 0 fully saturated rings. The van der Waals surface area contributed by atoms with Crippen molar-refractivity contribution in [3.63, 3.8) is 0 Å². The second kappa shape index (κ2) is 11.0. The van der Waals surface area contributed by atoms with E-state index < -0.39 is 23.0 Å². The Hall–Kier alpha value is -2.00. The SMILES string of the molecule is C=CCC(/C(=N\S(=O)(=O)c1ccc([N+](=O)[O-])cc1)OCC)[Si](C(C)C)(C(C)C)C(C)C. The van der Waals surface area contributed by atoms with Crippen molar-refractivity contribution < 1.29 is 18.1 Å². The van der Waals surface area contributed by atoms with E-state index in [0.29, 0.717) is 29.7 Å². The van der Waals surface area contributed by atoms with E-state index in [0.717, 1.165) is 0 Å². The fraction of sp³-hybridized carbons (Fsp3) is 0.591. The lowest BCUT2D eigenvalue weighted by Gasteiger charge is -2.48. The van der Waals surface area contributed by atoms with Crippen LogP contribution >= 0.6 is 0 Å². The molecule has 0 aliphatic heterocycles. The van der Waals surface area contributed by atoms with Gasteiger partial charge < -0.3 is 4.74 Å². The number of nitro groups is 1. The largest absolute Gasteiger partial charge is 0.481 e. The van der Waals surface area contributed by atoms with Crippen LogP contribution in [0.4, 0.5) is 5.69 Å². The molecule has 1 rings (SSSR count). The standard InChI is InChI=1S/C22H36N2O5SSi/c1-9-11-21(31(16(3)4,17(5)6)18(7)8)22(29-10-2)23-30(27,28)20-14-12-19(13-15-20)24(25)26/h9,12-18,21H,1,10-11H2,2-8H3/b23-22+. The topological polar surface area (TPSA) is 98.9 Å². The van der Waals surface area contributed by atoms with Crippen molar-refractivity contribution in [2.45, 2.75) is 81.9 Å². The van der Waals surface area contributed by atoms with Gasteiger partial charge in [0.2, 0.25) is 5.90 Å². The minimum Gasteiger partial charge on any atom is -0.481 e. The highest BCUT2D eigenvalue weighted by atomic mass is 32.2. The normalized spacial score (nSPS) is 14.2. The first kappa shape index (κ1) is 27.0. The van der Waals surface area contributed by atoms with Crippen molar-refractivity contribution in [2.75, 3.05) is 6.61 Å². The number of hydrogen-bond donors (Lipinski definition) is 0. The summed E-state index contributed by atoms with van der Waals surface area (Å²) in [6.07, 6.45) is 2.39. The Bertz CT molecular complexity index is 871. The van der Waals surface area contributed by atoms with Gasteiger partial charge in [-0.15, -0.1) is 11.0 Å². The molecule has 0 aliphatic carbocycles. The van der Waals surface area contributed by atoms with Gasteiger partial charge >= 0.3 is 0 Å². The maximum Gasteiger partial charge on any atom is 0.285 e. The average Bonchev–Trinajstić information content (AvgIpc) is 2.66. The lowest BCUT2D eigenvalue weighted by atomic mass is 10.3. The van der Waals surface area contributed by atoms with E-state index in [1.165, 1.54) is 24.3 Å². The fourth-order valence-electron chi connectivity index (χ4n) is 5.14. The molecule has 31 heavy (non-hydrogen) atoms. The van der Waals surface area contributed by atoms with Gasteiger partial charge in [0.1, 0.15) is 0 Å². The minimum atomic E-state index is -4.10. The summed E-state index contributed by atoms with van der Waals surface area (Å²) < 4.78 is 36.2. The third-order valence-electron chi connectivity index (χ3n) is 6.15. The molecule has 7 nitrogen and oxygen atoms in total. The molecule has 0 amide bonds. The summed E-state index contributed by atoms with van der Waals surface area (Å²) in [6, 6.07) is 4.75. The van der Waals surface area contributed by atoms with E-state index in [4.69, 9.17) is 4.74 Å². The molecule has 174 valence electrons. The highest BCUT2D eigenvalue weighted by Crippen LogP contribution is 2.51. The van der Waals surface area contributed by atoms with Crippen LogP contribution in [0.1, 0.15) is 54.9 Å². The van der Waals surface area contributed by atoms with Gasteiger partial charge in [-0.05, 0) is 42.1 Å². The van der Waals surface area contributed by atoms with Gasteiger partial charge in [0.15, 0.2) is 0 Å². The van der Waals surface area contributed by atoms with Crippen LogP contribution in [-0.4, -0.2) is 33.9 Å². The van der Waals surface area contributed by atoms with Crippen LogP contribution in [0.2, 0.25) is 22.2 Å². The number of sulfonamides is 1. The predicted octanol–water partition coefficient (Wildman–Crippen LogP) is 6.34. The summed E-state index contributed by atoms with van der Waals surface area (Å²) in [5.74, 6) is 0.225. The summed E-state index contributed by atoms with van der Waals surface area (Å²) in [4.78, 5) is 10.2. The monoisotopic (exact) mass is 468 g/mol. The van der Waals surface area contributed by atoms with Gasteiger partial charge in [0.25, 0.3) is 15.7 Å². The van der Waals surface area contributed by atoms with Crippen molar-refractivity contribution in [2.24, 2.45) is 4.40 Å². The van der Waals surface area contributed by atoms with Crippen molar-refractivity contribution in [1.82, 2.24) is 0 Å². The van der Waals surface area contributed by atoms with E-state index >= 15 is 0 Å². The van der Waals surface area contributed by atoms with Gasteiger partial charge in [0.05, 0.1) is 24.5 Å². The van der Waals surface area contributed by atoms with Crippen LogP contribution in [0, 0.1) is 10.1 Å². The van der Waals surface area contributed by atoms with E-state index in [9.17, 15) is 18.5 Å². The Morgan fingerprint density at radius 2 is 1.61 bits per heavy atom. The summed E-state index contributed by atoms with van der Waals surface area (Å²) in [5, 5.41) is 10.9. The molecular formula is C22H36N2O5SSi. The molecule has 1 aromatic carbocycles. The quantitative estimate of drug-likeness (QED) is 0.0941. The number of nitro benzene ring substituents is 1. The van der Waals surface area contributed by atoms with Gasteiger partial charge in [-0.25, -0.2) is 0 Å². The molecule has 0 N–H and O–H groups in total. The molecule has 1 aromatic rings. The van der Waals surface area contributed by atoms with Crippen molar-refractivity contribution in [3.05, 3.63) is 47.0 Å². The molecule has 0 spiro atoms. The van der Waals surface area contributed by atoms with Crippen LogP contribution in [-0.2, 0) is 14.8 Å². The first-order valence-electron chi connectivity index (χ1n) is 10.7. The molecular weight excluding hydrogens is 432 g/mol. The Balaban J connectivity index is 3.70. The van der Waals surface area contributed by atoms with Crippen LogP contribution in [0.3, 0.4) is 0 Å². The van der Waals surface area contributed by atoms with Crippen LogP contribution in [0.25, 0.3) is 0 Å². The highest BCUT2D eigenvalue weighted by molar-refractivity contribution is 7.90. The number of nitrogens with zero attached hydrogens (tertiary/aromatic N) is 2. The van der Waals surface area contributed by atoms with Gasteiger partial charge in [0, 0.05) is 17.7 Å². The van der Waals surface area contributed by atoms with Crippen LogP contribution in [0.15, 0.2) is 46.2 Å². The van der Waals surface area contributed by atoms with Crippen LogP contribution in [0.5, 0.6) is 0 Å². The number of non-ortho nitro benzene ring substituents is 1. The molecule has 0 aromatic heterocycles. The van der Waals surface area contributed by atoms with Gasteiger partial charge in [-0.3, -0.25) is 10.1 Å². The smallest absolute Gasteiger partial charge is 0.285 e. The first-order chi connectivity index (χ1) is 14.4. The average molecular weight is 469 g/mol. The molecule has 9 heteroatoms. The van der Waals surface area contributed by atoms with Crippen LogP contribution < -0.4 is 0 Å². The molecule has 0 heterocycles. The first-order valence-corrected chi connectivity index (χ1v) is 14.4. The fourth-order valence-corrected chi connectivity index (χ4v) is 13.8. The Kier molecular flexibility index (Phi) is 9.62. The summed E-state index contributed by atoms with van der Waals surface area (Å²) in [7, 11) is -6.28. The number of hydrogen-bond acceptors (Lipinski definition) is 5. The van der Waals surface area contributed by atoms with Gasteiger partial charge in [-0.1, -0.05) is 47.6 Å². The number of allylic oxidation sites excluding steroid dienone is 1. The summed E-state index contributed by atoms with van der Waals surface area (Å²) in [5.41, 5.74) is 0.765. The van der Waals surface area contributed by atoms with Gasteiger partial charge in [-0.2, -0.15) is 8.42 Å². The lowest BCUT2D eigenvalue weighted by Crippen LogP contribution is -2.51. The second-order valence-electron chi connectivity index (χ2n) is 8.63. The molecule has 0 aliphatic rings.